The molecule has 8 unspecified atom stereocenters. The molecule has 8 atom stereocenters. The first-order valence-corrected chi connectivity index (χ1v) is 25.1. The van der Waals surface area contributed by atoms with E-state index in [2.05, 4.69) is 6.92 Å². The summed E-state index contributed by atoms with van der Waals surface area (Å²) < 4.78 is 17.9. The van der Waals surface area contributed by atoms with Gasteiger partial charge < -0.3 is 44.8 Å². The Morgan fingerprint density at radius 2 is 0.762 bits per heavy atom. The minimum absolute atomic E-state index is 0.147. The Kier molecular flexibility index (Phi) is 12.8. The lowest BCUT2D eigenvalue weighted by Gasteiger charge is -2.62. The minimum Gasteiger partial charge on any atom is -0.458 e. The van der Waals surface area contributed by atoms with E-state index in [1.165, 1.54) is 6.42 Å². The third-order valence-corrected chi connectivity index (χ3v) is 18.6. The Morgan fingerprint density at radius 3 is 1.10 bits per heavy atom. The first kappa shape index (κ1) is 49.1. The maximum Gasteiger partial charge on any atom is 0.314 e. The molecular weight excluding hydrogens is 805 g/mol. The molecule has 12 heteroatoms. The Morgan fingerprint density at radius 1 is 0.444 bits per heavy atom. The number of hydrogen-bond donors (Lipinski definition) is 6. The van der Waals surface area contributed by atoms with Crippen LogP contribution in [-0.4, -0.2) is 100.0 Å². The molecule has 360 valence electrons. The topological polar surface area (TPSA) is 200 Å². The van der Waals surface area contributed by atoms with Crippen LogP contribution in [0.4, 0.5) is 0 Å². The average molecular weight is 889 g/mol. The van der Waals surface area contributed by atoms with Gasteiger partial charge in [-0.25, -0.2) is 0 Å². The number of hydrogen-bond acceptors (Lipinski definition) is 12. The lowest BCUT2D eigenvalue weighted by molar-refractivity contribution is -0.266. The molecule has 0 radical (unpaired) electrons. The molecule has 12 fully saturated rings. The van der Waals surface area contributed by atoms with Crippen molar-refractivity contribution in [2.24, 2.45) is 39.9 Å². The first-order chi connectivity index (χ1) is 29.1. The van der Waals surface area contributed by atoms with E-state index >= 15 is 0 Å². The molecule has 0 aromatic rings. The fourth-order valence-electron chi connectivity index (χ4n) is 15.8. The van der Waals surface area contributed by atoms with Crippen LogP contribution in [0.25, 0.3) is 0 Å². The summed E-state index contributed by atoms with van der Waals surface area (Å²) >= 11 is 0. The zero-order valence-electron chi connectivity index (χ0n) is 40.1. The predicted molar refractivity (Wildman–Crippen MR) is 236 cm³/mol. The largest absolute Gasteiger partial charge is 0.458 e. The maximum absolute atomic E-state index is 12.8. The maximum atomic E-state index is 12.8. The van der Waals surface area contributed by atoms with Gasteiger partial charge in [0.05, 0.1) is 50.9 Å². The van der Waals surface area contributed by atoms with Gasteiger partial charge >= 0.3 is 17.9 Å². The molecule has 0 aromatic carbocycles. The number of ether oxygens (including phenoxy) is 3. The molecule has 12 rings (SSSR count). The Balaban J connectivity index is 0.000000142. The highest BCUT2D eigenvalue weighted by atomic mass is 16.6. The first-order valence-electron chi connectivity index (χ1n) is 25.1. The van der Waals surface area contributed by atoms with Crippen molar-refractivity contribution in [3.05, 3.63) is 0 Å². The molecule has 6 N–H and O–H groups in total. The van der Waals surface area contributed by atoms with Crippen LogP contribution in [0.3, 0.4) is 0 Å². The summed E-state index contributed by atoms with van der Waals surface area (Å²) in [4.78, 5) is 37.9. The van der Waals surface area contributed by atoms with Gasteiger partial charge in [-0.1, -0.05) is 41.0 Å². The molecule has 0 saturated heterocycles. The molecule has 12 saturated carbocycles. The van der Waals surface area contributed by atoms with Gasteiger partial charge in [0.15, 0.2) is 0 Å². The highest BCUT2D eigenvalue weighted by Crippen LogP contribution is 2.63. The summed E-state index contributed by atoms with van der Waals surface area (Å²) in [6.07, 6.45) is 17.3. The Labute approximate surface area is 377 Å². The highest BCUT2D eigenvalue weighted by Gasteiger charge is 2.67. The van der Waals surface area contributed by atoms with Crippen molar-refractivity contribution < 1.29 is 59.2 Å². The SMILES string of the molecule is CCC(C)(CC)C(=O)OC12CC3CC(O)(CC(O)(C3)C1)C2.CCC(C)(CO)C(=O)OC12CC3CC(CC(O)(C3)C1)C2.CCCC(C)(CC)C(=O)OC12CC3CC(O)(CC(O)(C3)C1)C2. The molecule has 12 nitrogen and oxygen atoms in total. The van der Waals surface area contributed by atoms with Crippen molar-refractivity contribution >= 4 is 17.9 Å². The van der Waals surface area contributed by atoms with Crippen LogP contribution in [0.2, 0.25) is 0 Å². The van der Waals surface area contributed by atoms with Crippen molar-refractivity contribution in [2.75, 3.05) is 6.61 Å². The fourth-order valence-corrected chi connectivity index (χ4v) is 15.8. The van der Waals surface area contributed by atoms with E-state index in [4.69, 9.17) is 14.2 Å². The number of aliphatic hydroxyl groups excluding tert-OH is 1. The van der Waals surface area contributed by atoms with E-state index in [1.807, 2.05) is 41.5 Å². The Hall–Kier alpha value is -1.83. The molecule has 0 aliphatic heterocycles. The number of esters is 3. The molecule has 0 heterocycles. The van der Waals surface area contributed by atoms with Crippen LogP contribution in [0.1, 0.15) is 209 Å². The van der Waals surface area contributed by atoms with Crippen LogP contribution in [-0.2, 0) is 28.6 Å². The van der Waals surface area contributed by atoms with Crippen LogP contribution < -0.4 is 0 Å². The monoisotopic (exact) mass is 889 g/mol. The quantitative estimate of drug-likeness (QED) is 0.0787. The lowest BCUT2D eigenvalue weighted by atomic mass is 9.50. The van der Waals surface area contributed by atoms with Gasteiger partial charge in [-0.2, -0.15) is 0 Å². The average Bonchev–Trinajstić information content (AvgIpc) is 3.13. The summed E-state index contributed by atoms with van der Waals surface area (Å²) in [5, 5.41) is 63.1. The zero-order valence-corrected chi connectivity index (χ0v) is 40.1. The number of carbonyl (C=O) groups excluding carboxylic acids is 3. The van der Waals surface area contributed by atoms with Crippen LogP contribution in [0.15, 0.2) is 0 Å². The summed E-state index contributed by atoms with van der Waals surface area (Å²) in [6, 6.07) is 0. The van der Waals surface area contributed by atoms with Crippen molar-refractivity contribution in [3.63, 3.8) is 0 Å². The van der Waals surface area contributed by atoms with Crippen molar-refractivity contribution in [1.82, 2.24) is 0 Å². The molecule has 0 amide bonds. The van der Waals surface area contributed by atoms with Crippen LogP contribution >= 0.6 is 0 Å². The van der Waals surface area contributed by atoms with E-state index in [0.717, 1.165) is 96.3 Å². The summed E-state index contributed by atoms with van der Waals surface area (Å²) in [5.74, 6) is 0.935. The molecule has 12 aliphatic carbocycles. The summed E-state index contributed by atoms with van der Waals surface area (Å²) in [7, 11) is 0. The molecule has 63 heavy (non-hydrogen) atoms. The predicted octanol–water partition coefficient (Wildman–Crippen LogP) is 7.52. The zero-order chi connectivity index (χ0) is 46.3. The lowest BCUT2D eigenvalue weighted by Crippen LogP contribution is -2.67. The molecule has 0 aromatic heterocycles. The number of aliphatic hydroxyl groups is 6. The van der Waals surface area contributed by atoms with Crippen LogP contribution in [0, 0.1) is 39.9 Å². The van der Waals surface area contributed by atoms with Crippen molar-refractivity contribution in [2.45, 2.75) is 254 Å². The smallest absolute Gasteiger partial charge is 0.314 e. The van der Waals surface area contributed by atoms with E-state index in [9.17, 15) is 45.0 Å². The van der Waals surface area contributed by atoms with Crippen molar-refractivity contribution in [1.29, 1.82) is 0 Å². The van der Waals surface area contributed by atoms with Gasteiger partial charge in [-0.3, -0.25) is 14.4 Å². The van der Waals surface area contributed by atoms with E-state index in [1.54, 1.807) is 6.92 Å². The second kappa shape index (κ2) is 16.4. The standard InChI is InChI=1S/C18H30O4.C17H28O4.C16H26O4/c1-4-6-15(3,5-2)14(19)22-18-9-13-7-16(20,11-18)10-17(21,8-13)12-18;1-4-14(3,5-2)13(18)21-17-8-12-6-15(19,10-17)9-16(20,7-12)11-17;1-3-14(2,10-17)13(18)20-16-7-11-4-12(8-16)6-15(19,5-11)9-16/h13,20-21H,4-12H2,1-3H3;12,19-20H,4-11H2,1-3H3;11-12,17,19H,3-10H2,1-2H3. The minimum atomic E-state index is -0.845. The van der Waals surface area contributed by atoms with Crippen LogP contribution in [0.5, 0.6) is 0 Å². The molecule has 0 spiro atoms. The molecule has 12 aliphatic rings. The number of rotatable bonds is 13. The highest BCUT2D eigenvalue weighted by molar-refractivity contribution is 5.78. The van der Waals surface area contributed by atoms with E-state index < -0.39 is 61.1 Å². The van der Waals surface area contributed by atoms with Gasteiger partial charge in [0, 0.05) is 44.9 Å². The second-order valence-corrected chi connectivity index (χ2v) is 24.8. The normalized spacial score (nSPS) is 45.2. The van der Waals surface area contributed by atoms with Gasteiger partial charge in [0.2, 0.25) is 0 Å². The van der Waals surface area contributed by atoms with E-state index in [-0.39, 0.29) is 36.4 Å². The Bertz CT molecular complexity index is 1680. The van der Waals surface area contributed by atoms with Gasteiger partial charge in [0.25, 0.3) is 0 Å². The summed E-state index contributed by atoms with van der Waals surface area (Å²) in [6.45, 7) is 15.5. The summed E-state index contributed by atoms with van der Waals surface area (Å²) in [5.41, 5.74) is -7.50. The van der Waals surface area contributed by atoms with Gasteiger partial charge in [0.1, 0.15) is 16.8 Å². The van der Waals surface area contributed by atoms with E-state index in [0.29, 0.717) is 63.2 Å². The van der Waals surface area contributed by atoms with Crippen molar-refractivity contribution in [3.8, 4) is 0 Å². The number of carbonyl (C=O) groups is 3. The molecular formula is C51H84O12. The fraction of sp³-hybridized carbons (Fsp3) is 0.941. The second-order valence-electron chi connectivity index (χ2n) is 24.8. The third kappa shape index (κ3) is 9.53. The third-order valence-electron chi connectivity index (χ3n) is 18.6. The molecule has 12 bridgehead atoms. The van der Waals surface area contributed by atoms with Gasteiger partial charge in [-0.15, -0.1) is 0 Å². The van der Waals surface area contributed by atoms with Gasteiger partial charge in [-0.05, 0) is 147 Å².